The average Bonchev–Trinajstić information content (AvgIpc) is 2.31. The van der Waals surface area contributed by atoms with Crippen LogP contribution in [-0.4, -0.2) is 28.7 Å². The normalized spacial score (nSPS) is 12.3. The van der Waals surface area contributed by atoms with Crippen LogP contribution >= 0.6 is 0 Å². The predicted octanol–water partition coefficient (Wildman–Crippen LogP) is 1.53. The number of esters is 1. The molecule has 0 fully saturated rings. The summed E-state index contributed by atoms with van der Waals surface area (Å²) in [7, 11) is 1.24. The van der Waals surface area contributed by atoms with E-state index in [9.17, 15) is 19.5 Å². The average molecular weight is 281 g/mol. The number of hydrogen-bond acceptors (Lipinski definition) is 4. The monoisotopic (exact) mass is 281 g/mol. The van der Waals surface area contributed by atoms with E-state index in [-0.39, 0.29) is 17.2 Å². The number of carbonyl (C=O) groups excluding carboxylic acids is 1. The minimum absolute atomic E-state index is 0.0409. The van der Waals surface area contributed by atoms with Crippen molar-refractivity contribution in [2.75, 3.05) is 7.11 Å². The number of ether oxygens (including phenoxy) is 1. The number of nitrogens with zero attached hydrogens (tertiary/aromatic N) is 1. The molecule has 110 valence electrons. The Hall–Kier alpha value is -2.11. The van der Waals surface area contributed by atoms with Gasteiger partial charge in [-0.05, 0) is 25.3 Å². The molecule has 1 heterocycles. The molecule has 1 aromatic heterocycles. The van der Waals surface area contributed by atoms with E-state index in [4.69, 9.17) is 4.74 Å². The van der Waals surface area contributed by atoms with Gasteiger partial charge in [0.1, 0.15) is 6.04 Å². The summed E-state index contributed by atoms with van der Waals surface area (Å²) in [5, 5.41) is 9.25. The van der Waals surface area contributed by atoms with E-state index in [1.165, 1.54) is 24.7 Å². The molecule has 20 heavy (non-hydrogen) atoms. The van der Waals surface area contributed by atoms with Crippen molar-refractivity contribution in [1.82, 2.24) is 4.57 Å². The standard InChI is InChI=1S/C14H19NO5/c1-7(2)12(14(19)20-5)15-9(4)11(13(17)18)8(3)6-10(15)16/h6-7,12H,1-5H3,(H,17,18). The van der Waals surface area contributed by atoms with Gasteiger partial charge in [0.15, 0.2) is 0 Å². The van der Waals surface area contributed by atoms with Crippen molar-refractivity contribution < 1.29 is 19.4 Å². The number of aromatic carboxylic acids is 1. The molecule has 6 heteroatoms. The molecule has 0 saturated carbocycles. The number of carbonyl (C=O) groups is 2. The van der Waals surface area contributed by atoms with Gasteiger partial charge in [-0.3, -0.25) is 9.36 Å². The smallest absolute Gasteiger partial charge is 0.337 e. The summed E-state index contributed by atoms with van der Waals surface area (Å²) in [5.74, 6) is -1.89. The Labute approximate surface area is 117 Å². The molecule has 6 nitrogen and oxygen atoms in total. The Balaban J connectivity index is 3.67. The SMILES string of the molecule is COC(=O)C(C(C)C)n1c(C)c(C(=O)O)c(C)cc1=O. The van der Waals surface area contributed by atoms with Crippen LogP contribution in [0.5, 0.6) is 0 Å². The zero-order chi connectivity index (χ0) is 15.6. The second-order valence-corrected chi connectivity index (χ2v) is 5.01. The van der Waals surface area contributed by atoms with Crippen molar-refractivity contribution in [3.05, 3.63) is 33.2 Å². The summed E-state index contributed by atoms with van der Waals surface area (Å²) >= 11 is 0. The summed E-state index contributed by atoms with van der Waals surface area (Å²) in [6.07, 6.45) is 0. The Bertz CT molecular complexity index is 600. The van der Waals surface area contributed by atoms with E-state index in [0.29, 0.717) is 5.56 Å². The number of methoxy groups -OCH3 is 1. The van der Waals surface area contributed by atoms with Crippen LogP contribution in [0.2, 0.25) is 0 Å². The van der Waals surface area contributed by atoms with Gasteiger partial charge in [0.2, 0.25) is 0 Å². The molecule has 1 unspecified atom stereocenters. The van der Waals surface area contributed by atoms with Gasteiger partial charge in [-0.15, -0.1) is 0 Å². The molecule has 1 N–H and O–H groups in total. The number of aryl methyl sites for hydroxylation is 1. The van der Waals surface area contributed by atoms with Crippen LogP contribution in [0.15, 0.2) is 10.9 Å². The lowest BCUT2D eigenvalue weighted by Crippen LogP contribution is -2.36. The molecular formula is C14H19NO5. The third-order valence-corrected chi connectivity index (χ3v) is 3.26. The lowest BCUT2D eigenvalue weighted by molar-refractivity contribution is -0.146. The minimum Gasteiger partial charge on any atom is -0.478 e. The highest BCUT2D eigenvalue weighted by atomic mass is 16.5. The summed E-state index contributed by atoms with van der Waals surface area (Å²) in [4.78, 5) is 35.4. The fraction of sp³-hybridized carbons (Fsp3) is 0.500. The summed E-state index contributed by atoms with van der Waals surface area (Å²) < 4.78 is 5.92. The Morgan fingerprint density at radius 2 is 1.85 bits per heavy atom. The van der Waals surface area contributed by atoms with Crippen molar-refractivity contribution in [2.24, 2.45) is 5.92 Å². The maximum Gasteiger partial charge on any atom is 0.337 e. The molecule has 0 bridgehead atoms. The van der Waals surface area contributed by atoms with Crippen LogP contribution in [0.25, 0.3) is 0 Å². The summed E-state index contributed by atoms with van der Waals surface area (Å²) in [6.45, 7) is 6.63. The van der Waals surface area contributed by atoms with E-state index in [2.05, 4.69) is 0 Å². The number of pyridine rings is 1. The van der Waals surface area contributed by atoms with Gasteiger partial charge < -0.3 is 9.84 Å². The van der Waals surface area contributed by atoms with E-state index in [1.807, 2.05) is 0 Å². The molecule has 0 aliphatic carbocycles. The van der Waals surface area contributed by atoms with Crippen LogP contribution in [0.1, 0.15) is 41.5 Å². The van der Waals surface area contributed by atoms with Gasteiger partial charge in [-0.25, -0.2) is 9.59 Å². The highest BCUT2D eigenvalue weighted by molar-refractivity contribution is 5.90. The molecule has 0 aliphatic rings. The molecule has 0 amide bonds. The first kappa shape index (κ1) is 15.9. The second kappa shape index (κ2) is 5.90. The van der Waals surface area contributed by atoms with Gasteiger partial charge >= 0.3 is 11.9 Å². The fourth-order valence-electron chi connectivity index (χ4n) is 2.36. The lowest BCUT2D eigenvalue weighted by atomic mass is 10.0. The maximum atomic E-state index is 12.2. The zero-order valence-corrected chi connectivity index (χ0v) is 12.3. The van der Waals surface area contributed by atoms with E-state index in [0.717, 1.165) is 0 Å². The highest BCUT2D eigenvalue weighted by Crippen LogP contribution is 2.22. The first-order valence-corrected chi connectivity index (χ1v) is 6.26. The predicted molar refractivity (Wildman–Crippen MR) is 73.0 cm³/mol. The van der Waals surface area contributed by atoms with E-state index < -0.39 is 23.5 Å². The molecule has 1 aromatic rings. The van der Waals surface area contributed by atoms with Crippen LogP contribution in [0.3, 0.4) is 0 Å². The molecule has 0 aromatic carbocycles. The fourth-order valence-corrected chi connectivity index (χ4v) is 2.36. The molecule has 0 aliphatic heterocycles. The van der Waals surface area contributed by atoms with Crippen molar-refractivity contribution >= 4 is 11.9 Å². The molecule has 1 atom stereocenters. The summed E-state index contributed by atoms with van der Waals surface area (Å²) in [5.41, 5.74) is 0.267. The maximum absolute atomic E-state index is 12.2. The third-order valence-electron chi connectivity index (χ3n) is 3.26. The Morgan fingerprint density at radius 1 is 1.30 bits per heavy atom. The van der Waals surface area contributed by atoms with Crippen LogP contribution in [-0.2, 0) is 9.53 Å². The van der Waals surface area contributed by atoms with Gasteiger partial charge in [-0.1, -0.05) is 13.8 Å². The van der Waals surface area contributed by atoms with Gasteiger partial charge in [0.05, 0.1) is 12.7 Å². The minimum atomic E-state index is -1.12. The number of aromatic nitrogens is 1. The molecule has 0 spiro atoms. The first-order valence-electron chi connectivity index (χ1n) is 6.26. The third kappa shape index (κ3) is 2.74. The zero-order valence-electron chi connectivity index (χ0n) is 12.3. The molecule has 0 radical (unpaired) electrons. The van der Waals surface area contributed by atoms with Crippen LogP contribution < -0.4 is 5.56 Å². The first-order chi connectivity index (χ1) is 9.22. The molecule has 1 rings (SSSR count). The van der Waals surface area contributed by atoms with Gasteiger partial charge in [0.25, 0.3) is 5.56 Å². The Morgan fingerprint density at radius 3 is 2.25 bits per heavy atom. The number of carboxylic acids is 1. The van der Waals surface area contributed by atoms with E-state index in [1.54, 1.807) is 20.8 Å². The Kier molecular flexibility index (Phi) is 4.70. The van der Waals surface area contributed by atoms with Crippen molar-refractivity contribution in [3.63, 3.8) is 0 Å². The topological polar surface area (TPSA) is 85.6 Å². The van der Waals surface area contributed by atoms with Crippen molar-refractivity contribution in [1.29, 1.82) is 0 Å². The van der Waals surface area contributed by atoms with Gasteiger partial charge in [-0.2, -0.15) is 0 Å². The van der Waals surface area contributed by atoms with Crippen LogP contribution in [0.4, 0.5) is 0 Å². The molecular weight excluding hydrogens is 262 g/mol. The van der Waals surface area contributed by atoms with Crippen LogP contribution in [0, 0.1) is 19.8 Å². The highest BCUT2D eigenvalue weighted by Gasteiger charge is 2.29. The second-order valence-electron chi connectivity index (χ2n) is 5.01. The van der Waals surface area contributed by atoms with Gasteiger partial charge in [0, 0.05) is 11.8 Å². The van der Waals surface area contributed by atoms with E-state index >= 15 is 0 Å². The quantitative estimate of drug-likeness (QED) is 0.846. The summed E-state index contributed by atoms with van der Waals surface area (Å²) in [6, 6.07) is 0.389. The molecule has 0 saturated heterocycles. The lowest BCUT2D eigenvalue weighted by Gasteiger charge is -2.24. The van der Waals surface area contributed by atoms with Crippen molar-refractivity contribution in [3.8, 4) is 0 Å². The number of rotatable bonds is 4. The number of hydrogen-bond donors (Lipinski definition) is 1. The largest absolute Gasteiger partial charge is 0.478 e. The number of carboxylic acid groups (broad SMARTS) is 1. The van der Waals surface area contributed by atoms with Crippen molar-refractivity contribution in [2.45, 2.75) is 33.7 Å².